The van der Waals surface area contributed by atoms with E-state index in [1.54, 1.807) is 28.4 Å². The van der Waals surface area contributed by atoms with Crippen molar-refractivity contribution in [3.05, 3.63) is 0 Å². The highest BCUT2D eigenvalue weighted by molar-refractivity contribution is 5.43. The lowest BCUT2D eigenvalue weighted by Crippen LogP contribution is -2.87. The second kappa shape index (κ2) is 6.51. The van der Waals surface area contributed by atoms with Crippen LogP contribution in [0, 0.1) is 34.5 Å². The molecule has 9 fully saturated rings. The molecular formula is C25H39NO7. The maximum atomic E-state index is 13.2. The lowest BCUT2D eigenvalue weighted by atomic mass is 9.41. The van der Waals surface area contributed by atoms with E-state index in [-0.39, 0.29) is 59.0 Å². The average Bonchev–Trinajstić information content (AvgIpc) is 3.19. The standard InChI is InChI=1S/C25H39NO7/c1-6-26-20-24-13-9-12-14(30-3)10-23(32-5,16(13)17(12)27)25(20,28)19(31-4)18(24)22(11-29-2)8-7-15(24)33-21(22)26/h12-21,27-28H,6-11H2,1-5H3/t12-,13-,14+,15+,16-,17+,18-,19+,20-,21-,22+,23-,24+,25-/m1/s1. The lowest BCUT2D eigenvalue weighted by Gasteiger charge is -2.76. The Morgan fingerprint density at radius 1 is 1.15 bits per heavy atom. The van der Waals surface area contributed by atoms with Crippen molar-refractivity contribution in [2.75, 3.05) is 41.6 Å². The lowest BCUT2D eigenvalue weighted by molar-refractivity contribution is -0.411. The summed E-state index contributed by atoms with van der Waals surface area (Å²) in [5.41, 5.74) is -2.78. The van der Waals surface area contributed by atoms with Gasteiger partial charge in [0.05, 0.1) is 37.1 Å². The van der Waals surface area contributed by atoms with Crippen LogP contribution in [0.4, 0.5) is 0 Å². The Hall–Kier alpha value is -0.320. The van der Waals surface area contributed by atoms with Gasteiger partial charge in [-0.05, 0) is 31.7 Å². The topological polar surface area (TPSA) is 89.9 Å². The highest BCUT2D eigenvalue weighted by Gasteiger charge is 2.94. The zero-order valence-electron chi connectivity index (χ0n) is 20.4. The number of aliphatic hydroxyl groups is 2. The molecule has 0 aromatic rings. The van der Waals surface area contributed by atoms with E-state index in [1.165, 1.54) is 0 Å². The number of hydrogen-bond acceptors (Lipinski definition) is 8. The molecule has 186 valence electrons. The van der Waals surface area contributed by atoms with E-state index >= 15 is 0 Å². The monoisotopic (exact) mass is 465 g/mol. The van der Waals surface area contributed by atoms with Gasteiger partial charge in [-0.2, -0.15) is 0 Å². The summed E-state index contributed by atoms with van der Waals surface area (Å²) in [6.45, 7) is 3.52. The molecule has 9 rings (SSSR count). The minimum atomic E-state index is -1.29. The number of hydrogen-bond donors (Lipinski definition) is 2. The Balaban J connectivity index is 1.56. The quantitative estimate of drug-likeness (QED) is 0.591. The van der Waals surface area contributed by atoms with Gasteiger partial charge in [0, 0.05) is 63.4 Å². The van der Waals surface area contributed by atoms with Crippen LogP contribution in [-0.2, 0) is 23.7 Å². The fourth-order valence-electron chi connectivity index (χ4n) is 11.6. The molecule has 0 radical (unpaired) electrons. The van der Waals surface area contributed by atoms with Gasteiger partial charge in [-0.3, -0.25) is 4.90 Å². The third-order valence-electron chi connectivity index (χ3n) is 11.9. The molecule has 1 spiro atoms. The SMILES string of the molecule is CCN1[C@@H]2[C@@]34[C@@H]5CC[C@](COC)([C@H]3[C@H](OC)[C@]2(O)[C@@]2(OC)C[C@H](OC)[C@H]3C[C@@H]4[C@@H]2[C@H]3O)[C@H]1O5. The molecule has 33 heavy (non-hydrogen) atoms. The molecule has 0 unspecified atom stereocenters. The van der Waals surface area contributed by atoms with Crippen LogP contribution in [0.15, 0.2) is 0 Å². The van der Waals surface area contributed by atoms with Crippen LogP contribution in [0.5, 0.6) is 0 Å². The smallest absolute Gasteiger partial charge is 0.136 e. The van der Waals surface area contributed by atoms with E-state index < -0.39 is 23.4 Å². The van der Waals surface area contributed by atoms with Crippen molar-refractivity contribution in [3.8, 4) is 0 Å². The molecule has 9 aliphatic rings. The summed E-state index contributed by atoms with van der Waals surface area (Å²) < 4.78 is 31.6. The van der Waals surface area contributed by atoms with E-state index in [2.05, 4.69) is 11.8 Å². The average molecular weight is 466 g/mol. The fraction of sp³-hybridized carbons (Fsp3) is 1.00. The van der Waals surface area contributed by atoms with Crippen LogP contribution < -0.4 is 0 Å². The molecular weight excluding hydrogens is 426 g/mol. The Morgan fingerprint density at radius 3 is 2.58 bits per heavy atom. The Bertz CT molecular complexity index is 855. The molecule has 9 bridgehead atoms. The normalized spacial score (nSPS) is 64.1. The second-order valence-corrected chi connectivity index (χ2v) is 12.0. The first-order valence-electron chi connectivity index (χ1n) is 12.8. The molecule has 0 amide bonds. The predicted octanol–water partition coefficient (Wildman–Crippen LogP) is 0.635. The van der Waals surface area contributed by atoms with Crippen LogP contribution in [0.3, 0.4) is 0 Å². The first-order valence-corrected chi connectivity index (χ1v) is 12.8. The first kappa shape index (κ1) is 21.9. The van der Waals surface area contributed by atoms with Crippen molar-refractivity contribution >= 4 is 0 Å². The number of piperidine rings is 1. The molecule has 0 aromatic carbocycles. The summed E-state index contributed by atoms with van der Waals surface area (Å²) in [4.78, 5) is 2.42. The number of likely N-dealkylation sites (N-methyl/N-ethyl adjacent to an activating group) is 1. The van der Waals surface area contributed by atoms with Crippen LogP contribution >= 0.6 is 0 Å². The van der Waals surface area contributed by atoms with E-state index in [9.17, 15) is 10.2 Å². The van der Waals surface area contributed by atoms with Gasteiger partial charge in [-0.25, -0.2) is 0 Å². The van der Waals surface area contributed by atoms with Crippen molar-refractivity contribution in [1.29, 1.82) is 0 Å². The summed E-state index contributed by atoms with van der Waals surface area (Å²) >= 11 is 0. The van der Waals surface area contributed by atoms with Gasteiger partial charge in [0.25, 0.3) is 0 Å². The molecule has 0 aromatic heterocycles. The van der Waals surface area contributed by atoms with Crippen molar-refractivity contribution in [3.63, 3.8) is 0 Å². The highest BCUT2D eigenvalue weighted by Crippen LogP contribution is 2.83. The zero-order chi connectivity index (χ0) is 23.1. The van der Waals surface area contributed by atoms with Gasteiger partial charge >= 0.3 is 0 Å². The summed E-state index contributed by atoms with van der Waals surface area (Å²) in [5.74, 6) is 0.155. The summed E-state index contributed by atoms with van der Waals surface area (Å²) in [7, 11) is 6.95. The van der Waals surface area contributed by atoms with Gasteiger partial charge in [0.1, 0.15) is 17.4 Å². The van der Waals surface area contributed by atoms with E-state index in [0.29, 0.717) is 13.0 Å². The van der Waals surface area contributed by atoms with Gasteiger partial charge in [-0.15, -0.1) is 0 Å². The number of methoxy groups -OCH3 is 4. The molecule has 4 heterocycles. The third kappa shape index (κ3) is 1.85. The fourth-order valence-corrected chi connectivity index (χ4v) is 11.6. The molecule has 8 heteroatoms. The summed E-state index contributed by atoms with van der Waals surface area (Å²) in [6.07, 6.45) is 2.23. The van der Waals surface area contributed by atoms with Crippen LogP contribution in [0.2, 0.25) is 0 Å². The van der Waals surface area contributed by atoms with Gasteiger partial charge in [0.2, 0.25) is 0 Å². The molecule has 2 N–H and O–H groups in total. The van der Waals surface area contributed by atoms with Gasteiger partial charge in [-0.1, -0.05) is 6.92 Å². The molecule has 4 saturated heterocycles. The van der Waals surface area contributed by atoms with Crippen molar-refractivity contribution in [2.24, 2.45) is 34.5 Å². The molecule has 5 saturated carbocycles. The third-order valence-corrected chi connectivity index (χ3v) is 11.9. The number of nitrogens with zero attached hydrogens (tertiary/aromatic N) is 1. The van der Waals surface area contributed by atoms with E-state index in [0.717, 1.165) is 25.8 Å². The molecule has 5 aliphatic carbocycles. The predicted molar refractivity (Wildman–Crippen MR) is 116 cm³/mol. The Morgan fingerprint density at radius 2 is 1.94 bits per heavy atom. The van der Waals surface area contributed by atoms with Crippen LogP contribution in [0.1, 0.15) is 32.6 Å². The molecule has 4 aliphatic heterocycles. The summed E-state index contributed by atoms with van der Waals surface area (Å²) in [5, 5.41) is 24.9. The molecule has 14 atom stereocenters. The highest BCUT2D eigenvalue weighted by atomic mass is 16.6. The van der Waals surface area contributed by atoms with Crippen molar-refractivity contribution < 1.29 is 33.9 Å². The van der Waals surface area contributed by atoms with Crippen molar-refractivity contribution in [2.45, 2.75) is 80.5 Å². The minimum absolute atomic E-state index is 0.0528. The largest absolute Gasteiger partial charge is 0.392 e. The first-order chi connectivity index (χ1) is 15.9. The Kier molecular flexibility index (Phi) is 4.32. The number of rotatable bonds is 6. The Labute approximate surface area is 195 Å². The zero-order valence-corrected chi connectivity index (χ0v) is 20.4. The van der Waals surface area contributed by atoms with Crippen LogP contribution in [-0.4, -0.2) is 105 Å². The van der Waals surface area contributed by atoms with Gasteiger partial charge in [0.15, 0.2) is 0 Å². The van der Waals surface area contributed by atoms with Crippen LogP contribution in [0.25, 0.3) is 0 Å². The summed E-state index contributed by atoms with van der Waals surface area (Å²) in [6, 6.07) is -0.137. The second-order valence-electron chi connectivity index (χ2n) is 12.0. The number of ether oxygens (including phenoxy) is 5. The minimum Gasteiger partial charge on any atom is -0.392 e. The maximum Gasteiger partial charge on any atom is 0.136 e. The maximum absolute atomic E-state index is 13.2. The number of fused-ring (bicyclic) bond motifs is 3. The van der Waals surface area contributed by atoms with E-state index in [1.807, 2.05) is 0 Å². The molecule has 8 nitrogen and oxygen atoms in total. The van der Waals surface area contributed by atoms with Crippen molar-refractivity contribution in [1.82, 2.24) is 4.90 Å². The van der Waals surface area contributed by atoms with Gasteiger partial charge < -0.3 is 33.9 Å². The van der Waals surface area contributed by atoms with E-state index in [4.69, 9.17) is 23.7 Å². The number of aliphatic hydroxyl groups excluding tert-OH is 1.